The molecule has 4 N–H and O–H groups in total. The Labute approximate surface area is 90.4 Å². The Morgan fingerprint density at radius 3 is 0.929 bits per heavy atom. The molecular weight excluding hydrogens is 172 g/mol. The maximum atomic E-state index is 5.40. The third-order valence-corrected chi connectivity index (χ3v) is 2.16. The molecule has 0 aromatic rings. The van der Waals surface area contributed by atoms with Crippen LogP contribution in [-0.2, 0) is 0 Å². The van der Waals surface area contributed by atoms with Gasteiger partial charge in [-0.25, -0.2) is 0 Å². The van der Waals surface area contributed by atoms with Crippen molar-refractivity contribution in [2.24, 2.45) is 11.5 Å². The summed E-state index contributed by atoms with van der Waals surface area (Å²) in [6.45, 7) is 5.71. The SMILES string of the molecule is CC.NCCCCCCCCCCN. The van der Waals surface area contributed by atoms with Gasteiger partial charge in [-0.05, 0) is 25.9 Å². The van der Waals surface area contributed by atoms with Gasteiger partial charge in [0.2, 0.25) is 0 Å². The predicted octanol–water partition coefficient (Wildman–Crippen LogP) is 3.05. The molecule has 0 aliphatic rings. The minimum atomic E-state index is 0.854. The van der Waals surface area contributed by atoms with Crippen LogP contribution < -0.4 is 11.5 Å². The number of hydrogen-bond donors (Lipinski definition) is 2. The van der Waals surface area contributed by atoms with Gasteiger partial charge in [0.1, 0.15) is 0 Å². The van der Waals surface area contributed by atoms with Crippen LogP contribution in [0.2, 0.25) is 0 Å². The zero-order valence-corrected chi connectivity index (χ0v) is 10.2. The highest BCUT2D eigenvalue weighted by molar-refractivity contribution is 4.47. The molecule has 0 rings (SSSR count). The van der Waals surface area contributed by atoms with E-state index in [0.29, 0.717) is 0 Å². The third-order valence-electron chi connectivity index (χ3n) is 2.16. The summed E-state index contributed by atoms with van der Waals surface area (Å²) in [6, 6.07) is 0. The van der Waals surface area contributed by atoms with Crippen molar-refractivity contribution in [3.05, 3.63) is 0 Å². The first-order valence-electron chi connectivity index (χ1n) is 6.32. The van der Waals surface area contributed by atoms with Crippen LogP contribution in [0.15, 0.2) is 0 Å². The molecule has 14 heavy (non-hydrogen) atoms. The van der Waals surface area contributed by atoms with Crippen LogP contribution in [0, 0.1) is 0 Å². The lowest BCUT2D eigenvalue weighted by molar-refractivity contribution is 0.572. The van der Waals surface area contributed by atoms with E-state index in [2.05, 4.69) is 0 Å². The van der Waals surface area contributed by atoms with Crippen LogP contribution in [0.5, 0.6) is 0 Å². The summed E-state index contributed by atoms with van der Waals surface area (Å²) in [5, 5.41) is 0. The molecule has 0 atom stereocenters. The van der Waals surface area contributed by atoms with E-state index in [1.807, 2.05) is 13.8 Å². The Kier molecular flexibility index (Phi) is 21.8. The van der Waals surface area contributed by atoms with Crippen LogP contribution in [0.4, 0.5) is 0 Å². The fourth-order valence-electron chi connectivity index (χ4n) is 1.35. The molecule has 0 aromatic heterocycles. The van der Waals surface area contributed by atoms with Crippen molar-refractivity contribution in [1.29, 1.82) is 0 Å². The molecule has 0 saturated carbocycles. The zero-order valence-electron chi connectivity index (χ0n) is 10.2. The van der Waals surface area contributed by atoms with Crippen LogP contribution in [0.1, 0.15) is 65.2 Å². The zero-order chi connectivity index (χ0) is 11.1. The summed E-state index contributed by atoms with van der Waals surface area (Å²) >= 11 is 0. The van der Waals surface area contributed by atoms with Gasteiger partial charge in [-0.2, -0.15) is 0 Å². The highest BCUT2D eigenvalue weighted by Gasteiger charge is 1.90. The monoisotopic (exact) mass is 202 g/mol. The first-order chi connectivity index (χ1) is 6.91. The summed E-state index contributed by atoms with van der Waals surface area (Å²) < 4.78 is 0. The van der Waals surface area contributed by atoms with Gasteiger partial charge in [-0.1, -0.05) is 52.4 Å². The third kappa shape index (κ3) is 17.9. The molecule has 0 radical (unpaired) electrons. The average molecular weight is 202 g/mol. The molecule has 0 aliphatic carbocycles. The molecule has 0 spiro atoms. The Morgan fingerprint density at radius 2 is 0.714 bits per heavy atom. The van der Waals surface area contributed by atoms with Crippen LogP contribution in [-0.4, -0.2) is 13.1 Å². The molecule has 2 nitrogen and oxygen atoms in total. The summed E-state index contributed by atoms with van der Waals surface area (Å²) in [4.78, 5) is 0. The van der Waals surface area contributed by atoms with Crippen LogP contribution >= 0.6 is 0 Å². The van der Waals surface area contributed by atoms with Gasteiger partial charge < -0.3 is 11.5 Å². The first kappa shape index (κ1) is 16.4. The second-order valence-electron chi connectivity index (χ2n) is 3.41. The second-order valence-corrected chi connectivity index (χ2v) is 3.41. The molecule has 0 unspecified atom stereocenters. The molecule has 0 fully saturated rings. The number of rotatable bonds is 9. The van der Waals surface area contributed by atoms with Gasteiger partial charge in [-0.15, -0.1) is 0 Å². The predicted molar refractivity (Wildman–Crippen MR) is 66.4 cm³/mol. The maximum Gasteiger partial charge on any atom is -0.00773 e. The van der Waals surface area contributed by atoms with Crippen molar-refractivity contribution in [2.45, 2.75) is 65.2 Å². The van der Waals surface area contributed by atoms with E-state index in [1.165, 1.54) is 51.4 Å². The van der Waals surface area contributed by atoms with Gasteiger partial charge in [0.25, 0.3) is 0 Å². The smallest absolute Gasteiger partial charge is 0.00773 e. The molecule has 0 bridgehead atoms. The van der Waals surface area contributed by atoms with E-state index in [0.717, 1.165) is 13.1 Å². The first-order valence-corrected chi connectivity index (χ1v) is 6.32. The van der Waals surface area contributed by atoms with Gasteiger partial charge in [0, 0.05) is 0 Å². The summed E-state index contributed by atoms with van der Waals surface area (Å²) in [5.74, 6) is 0. The Bertz CT molecular complexity index is 64.7. The number of hydrogen-bond acceptors (Lipinski definition) is 2. The fourth-order valence-corrected chi connectivity index (χ4v) is 1.35. The lowest BCUT2D eigenvalue weighted by Crippen LogP contribution is -1.98. The largest absolute Gasteiger partial charge is 0.330 e. The van der Waals surface area contributed by atoms with E-state index in [9.17, 15) is 0 Å². The standard InChI is InChI=1S/C10H24N2.C2H6/c11-9-7-5-3-1-2-4-6-8-10-12;1-2/h1-12H2;1-2H3. The minimum Gasteiger partial charge on any atom is -0.330 e. The molecule has 88 valence electrons. The van der Waals surface area contributed by atoms with Gasteiger partial charge in [0.05, 0.1) is 0 Å². The van der Waals surface area contributed by atoms with Crippen molar-refractivity contribution in [3.8, 4) is 0 Å². The van der Waals surface area contributed by atoms with Crippen molar-refractivity contribution in [3.63, 3.8) is 0 Å². The molecular formula is C12H30N2. The van der Waals surface area contributed by atoms with E-state index in [-0.39, 0.29) is 0 Å². The second kappa shape index (κ2) is 18.7. The summed E-state index contributed by atoms with van der Waals surface area (Å²) in [7, 11) is 0. The molecule has 0 saturated heterocycles. The molecule has 2 heteroatoms. The summed E-state index contributed by atoms with van der Waals surface area (Å²) in [5.41, 5.74) is 10.8. The van der Waals surface area contributed by atoms with Crippen molar-refractivity contribution >= 4 is 0 Å². The summed E-state index contributed by atoms with van der Waals surface area (Å²) in [6.07, 6.45) is 10.5. The molecule has 0 amide bonds. The lowest BCUT2D eigenvalue weighted by Gasteiger charge is -2.00. The van der Waals surface area contributed by atoms with E-state index < -0.39 is 0 Å². The maximum absolute atomic E-state index is 5.40. The average Bonchev–Trinajstić information content (AvgIpc) is 2.25. The molecule has 0 aliphatic heterocycles. The van der Waals surface area contributed by atoms with Gasteiger partial charge >= 0.3 is 0 Å². The highest BCUT2D eigenvalue weighted by Crippen LogP contribution is 2.07. The van der Waals surface area contributed by atoms with E-state index in [1.54, 1.807) is 0 Å². The van der Waals surface area contributed by atoms with E-state index in [4.69, 9.17) is 11.5 Å². The fraction of sp³-hybridized carbons (Fsp3) is 1.00. The topological polar surface area (TPSA) is 52.0 Å². The normalized spacial score (nSPS) is 9.43. The van der Waals surface area contributed by atoms with Crippen molar-refractivity contribution < 1.29 is 0 Å². The van der Waals surface area contributed by atoms with Gasteiger partial charge in [-0.3, -0.25) is 0 Å². The number of nitrogens with two attached hydrogens (primary N) is 2. The number of unbranched alkanes of at least 4 members (excludes halogenated alkanes) is 7. The van der Waals surface area contributed by atoms with Crippen LogP contribution in [0.25, 0.3) is 0 Å². The van der Waals surface area contributed by atoms with Crippen LogP contribution in [0.3, 0.4) is 0 Å². The Morgan fingerprint density at radius 1 is 0.500 bits per heavy atom. The molecule has 0 aromatic carbocycles. The van der Waals surface area contributed by atoms with E-state index >= 15 is 0 Å². The lowest BCUT2D eigenvalue weighted by atomic mass is 10.1. The molecule has 0 heterocycles. The van der Waals surface area contributed by atoms with Crippen molar-refractivity contribution in [2.75, 3.05) is 13.1 Å². The Hall–Kier alpha value is -0.0800. The van der Waals surface area contributed by atoms with Gasteiger partial charge in [0.15, 0.2) is 0 Å². The minimum absolute atomic E-state index is 0.854. The quantitative estimate of drug-likeness (QED) is 0.565. The Balaban J connectivity index is 0. The van der Waals surface area contributed by atoms with Crippen molar-refractivity contribution in [1.82, 2.24) is 0 Å². The highest BCUT2D eigenvalue weighted by atomic mass is 14.5.